The number of imidazole rings is 1. The molecule has 0 saturated carbocycles. The highest BCUT2D eigenvalue weighted by Crippen LogP contribution is 2.21. The molecule has 2 aromatic heterocycles. The molecule has 0 bridgehead atoms. The lowest BCUT2D eigenvalue weighted by Gasteiger charge is -2.16. The minimum Gasteiger partial charge on any atom is -0.501 e. The lowest BCUT2D eigenvalue weighted by Crippen LogP contribution is -2.22. The molecular formula is C18H27N3O2Si. The minimum atomic E-state index is -1.09. The van der Waals surface area contributed by atoms with Crippen LogP contribution in [0, 0.1) is 0 Å². The van der Waals surface area contributed by atoms with Crippen LogP contribution < -0.4 is 0 Å². The molecule has 0 unspecified atom stereocenters. The van der Waals surface area contributed by atoms with Crippen LogP contribution in [-0.4, -0.2) is 35.8 Å². The molecular weight excluding hydrogens is 318 g/mol. The van der Waals surface area contributed by atoms with Crippen molar-refractivity contribution in [1.29, 1.82) is 0 Å². The Morgan fingerprint density at radius 2 is 1.96 bits per heavy atom. The fourth-order valence-electron chi connectivity index (χ4n) is 2.15. The van der Waals surface area contributed by atoms with E-state index in [-0.39, 0.29) is 0 Å². The Labute approximate surface area is 145 Å². The molecule has 0 saturated heterocycles. The summed E-state index contributed by atoms with van der Waals surface area (Å²) in [4.78, 5) is 8.58. The molecule has 2 aromatic rings. The van der Waals surface area contributed by atoms with Crippen molar-refractivity contribution in [2.75, 3.05) is 13.2 Å². The van der Waals surface area contributed by atoms with Gasteiger partial charge in [0, 0.05) is 38.7 Å². The van der Waals surface area contributed by atoms with E-state index in [4.69, 9.17) is 9.47 Å². The topological polar surface area (TPSA) is 49.2 Å². The van der Waals surface area contributed by atoms with Gasteiger partial charge in [-0.05, 0) is 25.1 Å². The molecule has 0 radical (unpaired) electrons. The number of ether oxygens (including phenoxy) is 2. The Morgan fingerprint density at radius 3 is 2.62 bits per heavy atom. The molecule has 0 aliphatic rings. The van der Waals surface area contributed by atoms with Gasteiger partial charge in [-0.1, -0.05) is 19.6 Å². The zero-order valence-corrected chi connectivity index (χ0v) is 16.0. The average Bonchev–Trinajstić information content (AvgIpc) is 2.95. The van der Waals surface area contributed by atoms with E-state index < -0.39 is 8.07 Å². The first-order valence-corrected chi connectivity index (χ1v) is 12.0. The van der Waals surface area contributed by atoms with Crippen molar-refractivity contribution >= 4 is 14.1 Å². The van der Waals surface area contributed by atoms with Crippen molar-refractivity contribution in [3.63, 3.8) is 0 Å². The standard InChI is InChI=1S/C18H27N3O2Si/c1-5-22-11-8-18-20-14-17(16-6-9-19-10-7-16)21(18)15-23-12-13-24(2,3)4/h6-11,14H,5,12-13,15H2,1-4H3. The number of hydrogen-bond donors (Lipinski definition) is 0. The summed E-state index contributed by atoms with van der Waals surface area (Å²) in [5.41, 5.74) is 2.09. The van der Waals surface area contributed by atoms with E-state index in [0.29, 0.717) is 13.3 Å². The average molecular weight is 346 g/mol. The van der Waals surface area contributed by atoms with Gasteiger partial charge in [0.1, 0.15) is 12.6 Å². The summed E-state index contributed by atoms with van der Waals surface area (Å²) >= 11 is 0. The fourth-order valence-corrected chi connectivity index (χ4v) is 2.91. The summed E-state index contributed by atoms with van der Waals surface area (Å²) in [7, 11) is -1.09. The second-order valence-electron chi connectivity index (χ2n) is 6.77. The number of rotatable bonds is 9. The van der Waals surface area contributed by atoms with Crippen LogP contribution in [-0.2, 0) is 16.2 Å². The van der Waals surface area contributed by atoms with Gasteiger partial charge in [-0.15, -0.1) is 0 Å². The maximum absolute atomic E-state index is 5.93. The normalized spacial score (nSPS) is 12.0. The van der Waals surface area contributed by atoms with Crippen LogP contribution >= 0.6 is 0 Å². The number of pyridine rings is 1. The predicted octanol–water partition coefficient (Wildman–Crippen LogP) is 4.26. The van der Waals surface area contributed by atoms with Gasteiger partial charge in [0.2, 0.25) is 0 Å². The van der Waals surface area contributed by atoms with E-state index in [2.05, 4.69) is 34.2 Å². The Kier molecular flexibility index (Phi) is 6.75. The molecule has 0 aliphatic carbocycles. The van der Waals surface area contributed by atoms with Gasteiger partial charge in [-0.3, -0.25) is 4.98 Å². The van der Waals surface area contributed by atoms with E-state index >= 15 is 0 Å². The van der Waals surface area contributed by atoms with E-state index in [9.17, 15) is 0 Å². The first-order valence-electron chi connectivity index (χ1n) is 8.33. The van der Waals surface area contributed by atoms with Crippen LogP contribution in [0.2, 0.25) is 25.7 Å². The van der Waals surface area contributed by atoms with Crippen molar-refractivity contribution in [1.82, 2.24) is 14.5 Å². The van der Waals surface area contributed by atoms with Crippen LogP contribution in [0.3, 0.4) is 0 Å². The largest absolute Gasteiger partial charge is 0.501 e. The lowest BCUT2D eigenvalue weighted by atomic mass is 10.2. The van der Waals surface area contributed by atoms with Crippen molar-refractivity contribution in [3.05, 3.63) is 42.8 Å². The summed E-state index contributed by atoms with van der Waals surface area (Å²) in [6, 6.07) is 5.10. The summed E-state index contributed by atoms with van der Waals surface area (Å²) < 4.78 is 13.3. The second kappa shape index (κ2) is 8.80. The second-order valence-corrected chi connectivity index (χ2v) is 12.4. The maximum atomic E-state index is 5.93. The van der Waals surface area contributed by atoms with E-state index in [1.165, 1.54) is 0 Å². The zero-order valence-electron chi connectivity index (χ0n) is 15.0. The highest BCUT2D eigenvalue weighted by molar-refractivity contribution is 6.76. The molecule has 6 heteroatoms. The molecule has 0 N–H and O–H groups in total. The van der Waals surface area contributed by atoms with E-state index in [0.717, 1.165) is 29.7 Å². The molecule has 2 rings (SSSR count). The molecule has 24 heavy (non-hydrogen) atoms. The SMILES string of the molecule is CCOC=Cc1ncc(-c2ccncc2)n1COCC[Si](C)(C)C. The quantitative estimate of drug-likeness (QED) is 0.387. The zero-order chi connectivity index (χ0) is 17.4. The number of hydrogen-bond acceptors (Lipinski definition) is 4. The van der Waals surface area contributed by atoms with Crippen molar-refractivity contribution < 1.29 is 9.47 Å². The Bertz CT molecular complexity index is 648. The van der Waals surface area contributed by atoms with Crippen LogP contribution in [0.1, 0.15) is 12.7 Å². The molecule has 0 amide bonds. The van der Waals surface area contributed by atoms with Gasteiger partial charge in [0.15, 0.2) is 0 Å². The first-order chi connectivity index (χ1) is 11.5. The number of nitrogens with zero attached hydrogens (tertiary/aromatic N) is 3. The van der Waals surface area contributed by atoms with Crippen LogP contribution in [0.25, 0.3) is 17.3 Å². The summed E-state index contributed by atoms with van der Waals surface area (Å²) in [5.74, 6) is 0.822. The molecule has 0 fully saturated rings. The van der Waals surface area contributed by atoms with Gasteiger partial charge in [0.05, 0.1) is 24.8 Å². The van der Waals surface area contributed by atoms with Gasteiger partial charge in [-0.25, -0.2) is 4.98 Å². The van der Waals surface area contributed by atoms with Crippen LogP contribution in [0.4, 0.5) is 0 Å². The minimum absolute atomic E-state index is 0.480. The summed E-state index contributed by atoms with van der Waals surface area (Å²) in [6.45, 7) is 10.9. The van der Waals surface area contributed by atoms with E-state index in [1.807, 2.05) is 31.3 Å². The molecule has 0 aromatic carbocycles. The molecule has 0 aliphatic heterocycles. The molecule has 2 heterocycles. The van der Waals surface area contributed by atoms with Crippen molar-refractivity contribution in [3.8, 4) is 11.3 Å². The van der Waals surface area contributed by atoms with Gasteiger partial charge in [0.25, 0.3) is 0 Å². The lowest BCUT2D eigenvalue weighted by molar-refractivity contribution is 0.0877. The van der Waals surface area contributed by atoms with Crippen molar-refractivity contribution in [2.45, 2.75) is 39.3 Å². The third-order valence-electron chi connectivity index (χ3n) is 3.56. The monoisotopic (exact) mass is 345 g/mol. The molecule has 5 nitrogen and oxygen atoms in total. The summed E-state index contributed by atoms with van der Waals surface area (Å²) in [5, 5.41) is 0. The third-order valence-corrected chi connectivity index (χ3v) is 5.26. The van der Waals surface area contributed by atoms with Gasteiger partial charge >= 0.3 is 0 Å². The third kappa shape index (κ3) is 5.61. The van der Waals surface area contributed by atoms with Gasteiger partial charge < -0.3 is 14.0 Å². The Balaban J connectivity index is 2.16. The highest BCUT2D eigenvalue weighted by atomic mass is 28.3. The van der Waals surface area contributed by atoms with Gasteiger partial charge in [-0.2, -0.15) is 0 Å². The highest BCUT2D eigenvalue weighted by Gasteiger charge is 2.14. The van der Waals surface area contributed by atoms with Crippen LogP contribution in [0.15, 0.2) is 37.0 Å². The van der Waals surface area contributed by atoms with E-state index in [1.54, 1.807) is 18.7 Å². The number of aromatic nitrogens is 3. The van der Waals surface area contributed by atoms with Crippen LogP contribution in [0.5, 0.6) is 0 Å². The maximum Gasteiger partial charge on any atom is 0.138 e. The first kappa shape index (κ1) is 18.4. The summed E-state index contributed by atoms with van der Waals surface area (Å²) in [6.07, 6.45) is 8.99. The Morgan fingerprint density at radius 1 is 1.21 bits per heavy atom. The Hall–Kier alpha value is -1.92. The smallest absolute Gasteiger partial charge is 0.138 e. The molecule has 0 atom stereocenters. The fraction of sp³-hybridized carbons (Fsp3) is 0.444. The predicted molar refractivity (Wildman–Crippen MR) is 100 cm³/mol. The molecule has 130 valence electrons. The van der Waals surface area contributed by atoms with Crippen molar-refractivity contribution in [2.24, 2.45) is 0 Å². The molecule has 0 spiro atoms.